The molecule has 78 valence electrons. The van der Waals surface area contributed by atoms with E-state index in [1.165, 1.54) is 0 Å². The Morgan fingerprint density at radius 1 is 0.938 bits per heavy atom. The van der Waals surface area contributed by atoms with Crippen molar-refractivity contribution in [2.75, 3.05) is 0 Å². The number of hydrogen-bond acceptors (Lipinski definition) is 2. The standard InChI is InChI=1S/C12H6Cl2N2/c13-10-4-1-9(2-5-10)3-6-11-7-8-15-12(14)16-11/h1-2,4-5,7-8H. The number of aromatic nitrogens is 2. The Labute approximate surface area is 103 Å². The minimum absolute atomic E-state index is 0.197. The van der Waals surface area contributed by atoms with Crippen LogP contribution in [0.4, 0.5) is 0 Å². The van der Waals surface area contributed by atoms with Gasteiger partial charge in [-0.1, -0.05) is 17.5 Å². The van der Waals surface area contributed by atoms with E-state index in [0.717, 1.165) is 5.56 Å². The molecule has 0 amide bonds. The van der Waals surface area contributed by atoms with Crippen LogP contribution < -0.4 is 0 Å². The van der Waals surface area contributed by atoms with E-state index in [1.807, 2.05) is 12.1 Å². The molecule has 0 bridgehead atoms. The highest BCUT2D eigenvalue weighted by atomic mass is 35.5. The van der Waals surface area contributed by atoms with Gasteiger partial charge in [0.15, 0.2) is 0 Å². The van der Waals surface area contributed by atoms with Crippen LogP contribution in [0, 0.1) is 11.8 Å². The third-order valence-corrected chi connectivity index (χ3v) is 2.24. The van der Waals surface area contributed by atoms with Gasteiger partial charge >= 0.3 is 0 Å². The lowest BCUT2D eigenvalue weighted by Gasteiger charge is -1.91. The fourth-order valence-electron chi connectivity index (χ4n) is 1.07. The average molecular weight is 249 g/mol. The molecule has 0 atom stereocenters. The topological polar surface area (TPSA) is 25.8 Å². The lowest BCUT2D eigenvalue weighted by molar-refractivity contribution is 1.15. The Bertz CT molecular complexity index is 553. The molecule has 0 radical (unpaired) electrons. The second-order valence-corrected chi connectivity index (χ2v) is 3.74. The van der Waals surface area contributed by atoms with Gasteiger partial charge in [0.1, 0.15) is 5.69 Å². The van der Waals surface area contributed by atoms with Crippen LogP contribution in [0.3, 0.4) is 0 Å². The molecule has 1 heterocycles. The van der Waals surface area contributed by atoms with E-state index in [0.29, 0.717) is 10.7 Å². The molecule has 4 heteroatoms. The lowest BCUT2D eigenvalue weighted by atomic mass is 10.2. The Morgan fingerprint density at radius 3 is 2.38 bits per heavy atom. The molecule has 2 rings (SSSR count). The summed E-state index contributed by atoms with van der Waals surface area (Å²) in [6, 6.07) is 8.97. The first-order valence-corrected chi connectivity index (χ1v) is 5.26. The molecule has 0 N–H and O–H groups in total. The van der Waals surface area contributed by atoms with E-state index >= 15 is 0 Å². The molecular formula is C12H6Cl2N2. The fourth-order valence-corrected chi connectivity index (χ4v) is 1.35. The Kier molecular flexibility index (Phi) is 3.40. The van der Waals surface area contributed by atoms with Crippen LogP contribution >= 0.6 is 23.2 Å². The highest BCUT2D eigenvalue weighted by Crippen LogP contribution is 2.08. The molecular weight excluding hydrogens is 243 g/mol. The van der Waals surface area contributed by atoms with Crippen molar-refractivity contribution in [2.45, 2.75) is 0 Å². The highest BCUT2D eigenvalue weighted by Gasteiger charge is 1.92. The number of hydrogen-bond donors (Lipinski definition) is 0. The molecule has 0 fully saturated rings. The van der Waals surface area contributed by atoms with Gasteiger partial charge in [0.2, 0.25) is 5.28 Å². The predicted molar refractivity (Wildman–Crippen MR) is 64.5 cm³/mol. The summed E-state index contributed by atoms with van der Waals surface area (Å²) in [5.41, 5.74) is 1.47. The smallest absolute Gasteiger partial charge is 0.223 e. The number of benzene rings is 1. The second kappa shape index (κ2) is 4.98. The van der Waals surface area contributed by atoms with Crippen molar-refractivity contribution < 1.29 is 0 Å². The summed E-state index contributed by atoms with van der Waals surface area (Å²) in [5, 5.41) is 0.888. The van der Waals surface area contributed by atoms with Crippen molar-refractivity contribution in [2.24, 2.45) is 0 Å². The molecule has 2 nitrogen and oxygen atoms in total. The fraction of sp³-hybridized carbons (Fsp3) is 0. The molecule has 0 unspecified atom stereocenters. The third kappa shape index (κ3) is 2.96. The summed E-state index contributed by atoms with van der Waals surface area (Å²) < 4.78 is 0. The van der Waals surface area contributed by atoms with Gasteiger partial charge in [-0.3, -0.25) is 0 Å². The minimum Gasteiger partial charge on any atom is -0.226 e. The molecule has 0 spiro atoms. The molecule has 0 aliphatic rings. The summed E-state index contributed by atoms with van der Waals surface area (Å²) in [4.78, 5) is 7.74. The first-order chi connectivity index (χ1) is 7.74. The Morgan fingerprint density at radius 2 is 1.69 bits per heavy atom. The average Bonchev–Trinajstić information content (AvgIpc) is 2.28. The maximum absolute atomic E-state index is 5.76. The zero-order valence-electron chi connectivity index (χ0n) is 8.11. The van der Waals surface area contributed by atoms with Crippen molar-refractivity contribution in [1.29, 1.82) is 0 Å². The van der Waals surface area contributed by atoms with Crippen LogP contribution in [-0.4, -0.2) is 9.97 Å². The summed E-state index contributed by atoms with van der Waals surface area (Å²) in [5.74, 6) is 5.85. The Balaban J connectivity index is 2.25. The maximum atomic E-state index is 5.76. The van der Waals surface area contributed by atoms with Crippen LogP contribution in [0.5, 0.6) is 0 Å². The van der Waals surface area contributed by atoms with E-state index < -0.39 is 0 Å². The molecule has 0 aliphatic carbocycles. The monoisotopic (exact) mass is 248 g/mol. The van der Waals surface area contributed by atoms with Crippen LogP contribution in [0.25, 0.3) is 0 Å². The second-order valence-electron chi connectivity index (χ2n) is 2.97. The molecule has 16 heavy (non-hydrogen) atoms. The van der Waals surface area contributed by atoms with E-state index in [4.69, 9.17) is 23.2 Å². The van der Waals surface area contributed by atoms with Crippen LogP contribution in [-0.2, 0) is 0 Å². The van der Waals surface area contributed by atoms with E-state index in [9.17, 15) is 0 Å². The van der Waals surface area contributed by atoms with Gasteiger partial charge in [0, 0.05) is 16.8 Å². The predicted octanol–water partition coefficient (Wildman–Crippen LogP) is 3.18. The SMILES string of the molecule is Clc1ccc(C#Cc2ccnc(Cl)n2)cc1. The normalized spacial score (nSPS) is 9.38. The molecule has 2 aromatic rings. The van der Waals surface area contributed by atoms with Crippen molar-refractivity contribution in [3.63, 3.8) is 0 Å². The first-order valence-electron chi connectivity index (χ1n) is 4.50. The highest BCUT2D eigenvalue weighted by molar-refractivity contribution is 6.30. The van der Waals surface area contributed by atoms with E-state index in [-0.39, 0.29) is 5.28 Å². The molecule has 0 saturated carbocycles. The van der Waals surface area contributed by atoms with Gasteiger partial charge in [-0.25, -0.2) is 9.97 Å². The van der Waals surface area contributed by atoms with Crippen molar-refractivity contribution in [3.05, 3.63) is 58.1 Å². The molecule has 0 saturated heterocycles. The van der Waals surface area contributed by atoms with Crippen molar-refractivity contribution in [1.82, 2.24) is 9.97 Å². The van der Waals surface area contributed by atoms with Gasteiger partial charge < -0.3 is 0 Å². The first kappa shape index (κ1) is 10.9. The minimum atomic E-state index is 0.197. The van der Waals surface area contributed by atoms with Gasteiger partial charge in [-0.15, -0.1) is 0 Å². The quantitative estimate of drug-likeness (QED) is 0.529. The lowest BCUT2D eigenvalue weighted by Crippen LogP contribution is -1.85. The maximum Gasteiger partial charge on any atom is 0.223 e. The summed E-state index contributed by atoms with van der Waals surface area (Å²) >= 11 is 11.4. The van der Waals surface area contributed by atoms with E-state index in [2.05, 4.69) is 21.8 Å². The molecule has 1 aromatic heterocycles. The van der Waals surface area contributed by atoms with Crippen LogP contribution in [0.1, 0.15) is 11.3 Å². The van der Waals surface area contributed by atoms with Crippen LogP contribution in [0.2, 0.25) is 10.3 Å². The third-order valence-electron chi connectivity index (χ3n) is 1.81. The Hall–Kier alpha value is -1.56. The van der Waals surface area contributed by atoms with Gasteiger partial charge in [-0.2, -0.15) is 0 Å². The van der Waals surface area contributed by atoms with Crippen molar-refractivity contribution in [3.8, 4) is 11.8 Å². The summed E-state index contributed by atoms with van der Waals surface area (Å²) in [6.07, 6.45) is 1.57. The van der Waals surface area contributed by atoms with Gasteiger partial charge in [0.25, 0.3) is 0 Å². The summed E-state index contributed by atoms with van der Waals surface area (Å²) in [6.45, 7) is 0. The number of halogens is 2. The largest absolute Gasteiger partial charge is 0.226 e. The van der Waals surface area contributed by atoms with Crippen LogP contribution in [0.15, 0.2) is 36.5 Å². The number of nitrogens with zero attached hydrogens (tertiary/aromatic N) is 2. The summed E-state index contributed by atoms with van der Waals surface area (Å²) in [7, 11) is 0. The van der Waals surface area contributed by atoms with Gasteiger partial charge in [-0.05, 0) is 47.9 Å². The zero-order valence-corrected chi connectivity index (χ0v) is 9.63. The zero-order chi connectivity index (χ0) is 11.4. The van der Waals surface area contributed by atoms with Crippen molar-refractivity contribution >= 4 is 23.2 Å². The molecule has 1 aromatic carbocycles. The van der Waals surface area contributed by atoms with Gasteiger partial charge in [0.05, 0.1) is 0 Å². The van der Waals surface area contributed by atoms with E-state index in [1.54, 1.807) is 24.4 Å². The number of rotatable bonds is 0. The molecule has 0 aliphatic heterocycles.